The van der Waals surface area contributed by atoms with Crippen molar-refractivity contribution in [2.45, 2.75) is 31.4 Å². The van der Waals surface area contributed by atoms with Crippen LogP contribution in [0, 0.1) is 0 Å². The van der Waals surface area contributed by atoms with Gasteiger partial charge in [-0.1, -0.05) is 30.3 Å². The van der Waals surface area contributed by atoms with Gasteiger partial charge in [-0.15, -0.1) is 0 Å². The van der Waals surface area contributed by atoms with Crippen LogP contribution in [-0.4, -0.2) is 22.3 Å². The number of anilines is 1. The largest absolute Gasteiger partial charge is 0.506 e. The van der Waals surface area contributed by atoms with Gasteiger partial charge >= 0.3 is 0 Å². The highest BCUT2D eigenvalue weighted by Gasteiger charge is 2.32. The summed E-state index contributed by atoms with van der Waals surface area (Å²) in [5.74, 6) is 0.0436. The molecule has 1 aliphatic carbocycles. The molecule has 22 heavy (non-hydrogen) atoms. The number of nitrogens with one attached hydrogen (secondary N) is 1. The number of aromatic hydroxyl groups is 1. The van der Waals surface area contributed by atoms with Crippen LogP contribution in [0.15, 0.2) is 42.5 Å². The molecule has 0 fully saturated rings. The molecule has 0 saturated carbocycles. The van der Waals surface area contributed by atoms with Crippen LogP contribution in [0.3, 0.4) is 0 Å². The van der Waals surface area contributed by atoms with E-state index in [0.717, 1.165) is 12.8 Å². The third-order valence-corrected chi connectivity index (χ3v) is 4.44. The number of rotatable bonds is 4. The van der Waals surface area contributed by atoms with E-state index in [0.29, 0.717) is 12.1 Å². The number of β-amino-alcohol motifs (C(OH)–C–C–N with tert-alkyl or cyclic N) is 1. The highest BCUT2D eigenvalue weighted by atomic mass is 16.3. The fourth-order valence-corrected chi connectivity index (χ4v) is 3.17. The van der Waals surface area contributed by atoms with Crippen LogP contribution in [0.25, 0.3) is 0 Å². The molecule has 0 aromatic heterocycles. The summed E-state index contributed by atoms with van der Waals surface area (Å²) in [4.78, 5) is 0. The minimum atomic E-state index is -0.650. The number of fused-ring (bicyclic) bond motifs is 1. The number of aliphatic hydroxyl groups is 1. The van der Waals surface area contributed by atoms with Crippen LogP contribution < -0.4 is 11.1 Å². The SMILES string of the molecule is CC1(NC[C@H](O)c2ccc(O)c(N)c2)Cc2ccccc2C1. The van der Waals surface area contributed by atoms with Crippen molar-refractivity contribution >= 4 is 5.69 Å². The fourth-order valence-electron chi connectivity index (χ4n) is 3.17. The Kier molecular flexibility index (Phi) is 3.81. The summed E-state index contributed by atoms with van der Waals surface area (Å²) >= 11 is 0. The third-order valence-electron chi connectivity index (χ3n) is 4.44. The van der Waals surface area contributed by atoms with Gasteiger partial charge in [-0.25, -0.2) is 0 Å². The summed E-state index contributed by atoms with van der Waals surface area (Å²) in [6.45, 7) is 2.64. The number of hydrogen-bond donors (Lipinski definition) is 4. The average Bonchev–Trinajstić information content (AvgIpc) is 2.84. The van der Waals surface area contributed by atoms with E-state index in [1.54, 1.807) is 12.1 Å². The van der Waals surface area contributed by atoms with E-state index >= 15 is 0 Å². The molecule has 0 radical (unpaired) electrons. The number of hydrogen-bond acceptors (Lipinski definition) is 4. The zero-order valence-corrected chi connectivity index (χ0v) is 12.7. The van der Waals surface area contributed by atoms with Crippen molar-refractivity contribution in [1.29, 1.82) is 0 Å². The summed E-state index contributed by atoms with van der Waals surface area (Å²) in [5.41, 5.74) is 9.39. The van der Waals surface area contributed by atoms with Crippen molar-refractivity contribution in [2.24, 2.45) is 0 Å². The standard InChI is InChI=1S/C18H22N2O2/c1-18(9-13-4-2-3-5-14(13)10-18)20-11-17(22)12-6-7-16(21)15(19)8-12/h2-8,17,20-22H,9-11,19H2,1H3/t17-/m0/s1. The molecule has 3 rings (SSSR count). The van der Waals surface area contributed by atoms with Crippen molar-refractivity contribution in [3.8, 4) is 5.75 Å². The molecule has 5 N–H and O–H groups in total. The lowest BCUT2D eigenvalue weighted by Crippen LogP contribution is -2.45. The molecule has 0 aliphatic heterocycles. The van der Waals surface area contributed by atoms with Crippen LogP contribution in [0.4, 0.5) is 5.69 Å². The second kappa shape index (κ2) is 5.63. The Morgan fingerprint density at radius 1 is 1.18 bits per heavy atom. The van der Waals surface area contributed by atoms with Gasteiger partial charge in [-0.05, 0) is 48.6 Å². The average molecular weight is 298 g/mol. The molecule has 0 amide bonds. The summed E-state index contributed by atoms with van der Waals surface area (Å²) in [7, 11) is 0. The summed E-state index contributed by atoms with van der Waals surface area (Å²) in [6.07, 6.45) is 1.28. The monoisotopic (exact) mass is 298 g/mol. The van der Waals surface area contributed by atoms with Crippen LogP contribution in [0.1, 0.15) is 29.7 Å². The molecule has 0 unspecified atom stereocenters. The predicted molar refractivity (Wildman–Crippen MR) is 87.7 cm³/mol. The first-order valence-electron chi connectivity index (χ1n) is 7.55. The van der Waals surface area contributed by atoms with Crippen molar-refractivity contribution in [3.63, 3.8) is 0 Å². The van der Waals surface area contributed by atoms with Gasteiger partial charge in [0.15, 0.2) is 0 Å². The lowest BCUT2D eigenvalue weighted by Gasteiger charge is -2.27. The molecule has 2 aromatic rings. The first-order valence-corrected chi connectivity index (χ1v) is 7.55. The van der Waals surface area contributed by atoms with Crippen LogP contribution in [0.2, 0.25) is 0 Å². The van der Waals surface area contributed by atoms with Crippen molar-refractivity contribution in [1.82, 2.24) is 5.32 Å². The van der Waals surface area contributed by atoms with Gasteiger partial charge in [0.2, 0.25) is 0 Å². The minimum Gasteiger partial charge on any atom is -0.506 e. The normalized spacial score (nSPS) is 17.2. The molecule has 0 bridgehead atoms. The quantitative estimate of drug-likeness (QED) is 0.515. The molecule has 0 heterocycles. The Balaban J connectivity index is 1.64. The van der Waals surface area contributed by atoms with E-state index in [1.165, 1.54) is 17.2 Å². The van der Waals surface area contributed by atoms with E-state index in [9.17, 15) is 10.2 Å². The van der Waals surface area contributed by atoms with Crippen molar-refractivity contribution in [2.75, 3.05) is 12.3 Å². The first kappa shape index (κ1) is 14.9. The lowest BCUT2D eigenvalue weighted by atomic mass is 9.97. The maximum absolute atomic E-state index is 10.3. The van der Waals surface area contributed by atoms with Crippen LogP contribution in [-0.2, 0) is 12.8 Å². The van der Waals surface area contributed by atoms with Gasteiger partial charge < -0.3 is 21.3 Å². The Hall–Kier alpha value is -2.04. The van der Waals surface area contributed by atoms with Crippen molar-refractivity contribution in [3.05, 3.63) is 59.2 Å². The molecule has 1 aliphatic rings. The number of nitrogens with two attached hydrogens (primary N) is 1. The molecule has 4 nitrogen and oxygen atoms in total. The predicted octanol–water partition coefficient (Wildman–Crippen LogP) is 2.15. The zero-order chi connectivity index (χ0) is 15.7. The van der Waals surface area contributed by atoms with Gasteiger partial charge in [0, 0.05) is 12.1 Å². The summed E-state index contributed by atoms with van der Waals surface area (Å²) in [5, 5.41) is 23.3. The lowest BCUT2D eigenvalue weighted by molar-refractivity contribution is 0.159. The van der Waals surface area contributed by atoms with Gasteiger partial charge in [-0.3, -0.25) is 0 Å². The van der Waals surface area contributed by atoms with Crippen LogP contribution >= 0.6 is 0 Å². The fraction of sp³-hybridized carbons (Fsp3) is 0.333. The molecule has 1 atom stereocenters. The Bertz CT molecular complexity index is 660. The second-order valence-electron chi connectivity index (χ2n) is 6.40. The van der Waals surface area contributed by atoms with Gasteiger partial charge in [0.25, 0.3) is 0 Å². The van der Waals surface area contributed by atoms with Crippen molar-refractivity contribution < 1.29 is 10.2 Å². The smallest absolute Gasteiger partial charge is 0.138 e. The molecule has 4 heteroatoms. The number of aliphatic hydroxyl groups excluding tert-OH is 1. The highest BCUT2D eigenvalue weighted by Crippen LogP contribution is 2.30. The van der Waals surface area contributed by atoms with E-state index in [2.05, 4.69) is 36.5 Å². The molecule has 0 spiro atoms. The number of benzene rings is 2. The van der Waals surface area contributed by atoms with E-state index in [1.807, 2.05) is 0 Å². The second-order valence-corrected chi connectivity index (χ2v) is 6.40. The van der Waals surface area contributed by atoms with E-state index in [-0.39, 0.29) is 17.0 Å². The van der Waals surface area contributed by atoms with Crippen LogP contribution in [0.5, 0.6) is 5.75 Å². The van der Waals surface area contributed by atoms with E-state index in [4.69, 9.17) is 5.73 Å². The Morgan fingerprint density at radius 3 is 2.41 bits per heavy atom. The summed E-state index contributed by atoms with van der Waals surface area (Å²) in [6, 6.07) is 13.3. The zero-order valence-electron chi connectivity index (χ0n) is 12.7. The molecule has 0 saturated heterocycles. The molecular weight excluding hydrogens is 276 g/mol. The first-order chi connectivity index (χ1) is 10.5. The van der Waals surface area contributed by atoms with Gasteiger partial charge in [0.1, 0.15) is 5.75 Å². The number of phenols is 1. The topological polar surface area (TPSA) is 78.5 Å². The maximum atomic E-state index is 10.3. The Labute approximate surface area is 130 Å². The maximum Gasteiger partial charge on any atom is 0.138 e. The molecule has 116 valence electrons. The summed E-state index contributed by atoms with van der Waals surface area (Å²) < 4.78 is 0. The molecular formula is C18H22N2O2. The number of phenolic OH excluding ortho intramolecular Hbond substituents is 1. The third kappa shape index (κ3) is 2.93. The minimum absolute atomic E-state index is 0.0346. The van der Waals surface area contributed by atoms with Gasteiger partial charge in [-0.2, -0.15) is 0 Å². The van der Waals surface area contributed by atoms with Gasteiger partial charge in [0.05, 0.1) is 11.8 Å². The Morgan fingerprint density at radius 2 is 1.82 bits per heavy atom. The highest BCUT2D eigenvalue weighted by molar-refractivity contribution is 5.53. The van der Waals surface area contributed by atoms with E-state index < -0.39 is 6.10 Å². The number of nitrogen functional groups attached to an aromatic ring is 1. The molecule has 2 aromatic carbocycles.